The molecule has 1 rings (SSSR count). The molecule has 0 bridgehead atoms. The predicted molar refractivity (Wildman–Crippen MR) is 75.0 cm³/mol. The quantitative estimate of drug-likeness (QED) is 0.845. The third-order valence-corrected chi connectivity index (χ3v) is 3.67. The van der Waals surface area contributed by atoms with Crippen LogP contribution in [0.3, 0.4) is 0 Å². The van der Waals surface area contributed by atoms with E-state index in [1.54, 1.807) is 0 Å². The number of hydrogen-bond donors (Lipinski definition) is 1. The van der Waals surface area contributed by atoms with Gasteiger partial charge in [-0.15, -0.1) is 0 Å². The van der Waals surface area contributed by atoms with Crippen molar-refractivity contribution < 1.29 is 0 Å². The lowest BCUT2D eigenvalue weighted by Crippen LogP contribution is -2.26. The molecule has 4 heteroatoms. The Morgan fingerprint density at radius 2 is 2.00 bits per heavy atom. The van der Waals surface area contributed by atoms with Crippen LogP contribution in [0.5, 0.6) is 0 Å². The van der Waals surface area contributed by atoms with E-state index in [9.17, 15) is 4.79 Å². The van der Waals surface area contributed by atoms with Crippen molar-refractivity contribution in [1.29, 1.82) is 0 Å². The van der Waals surface area contributed by atoms with Gasteiger partial charge in [0.1, 0.15) is 9.39 Å². The second kappa shape index (κ2) is 4.85. The van der Waals surface area contributed by atoms with Crippen molar-refractivity contribution in [3.63, 3.8) is 0 Å². The molecule has 16 heavy (non-hydrogen) atoms. The summed E-state index contributed by atoms with van der Waals surface area (Å²) in [7, 11) is 0. The Morgan fingerprint density at radius 3 is 2.44 bits per heavy atom. The Labute approximate surface area is 110 Å². The normalized spacial score (nSPS) is 13.9. The van der Waals surface area contributed by atoms with Crippen molar-refractivity contribution in [1.82, 2.24) is 9.97 Å². The van der Waals surface area contributed by atoms with Gasteiger partial charge in [0, 0.05) is 11.3 Å². The molecular weight excluding hydrogens is 315 g/mol. The maximum atomic E-state index is 11.8. The van der Waals surface area contributed by atoms with Crippen molar-refractivity contribution in [3.05, 3.63) is 25.4 Å². The summed E-state index contributed by atoms with van der Waals surface area (Å²) in [6, 6.07) is 0. The largest absolute Gasteiger partial charge is 0.309 e. The Hall–Kier alpha value is -0.390. The van der Waals surface area contributed by atoms with Crippen LogP contribution in [0.2, 0.25) is 0 Å². The van der Waals surface area contributed by atoms with Crippen molar-refractivity contribution in [2.24, 2.45) is 0 Å². The highest BCUT2D eigenvalue weighted by Crippen LogP contribution is 2.24. The van der Waals surface area contributed by atoms with Gasteiger partial charge in [-0.2, -0.15) is 0 Å². The monoisotopic (exact) mass is 334 g/mol. The maximum Gasteiger partial charge on any atom is 0.264 e. The number of halogens is 1. The van der Waals surface area contributed by atoms with Crippen molar-refractivity contribution >= 4 is 22.6 Å². The van der Waals surface area contributed by atoms with Crippen LogP contribution in [0.1, 0.15) is 58.5 Å². The molecule has 1 unspecified atom stereocenters. The van der Waals surface area contributed by atoms with Crippen molar-refractivity contribution in [2.75, 3.05) is 0 Å². The van der Waals surface area contributed by atoms with E-state index < -0.39 is 0 Å². The predicted octanol–water partition coefficient (Wildman–Crippen LogP) is 3.19. The summed E-state index contributed by atoms with van der Waals surface area (Å²) in [6.45, 7) is 10.4. The van der Waals surface area contributed by atoms with Crippen LogP contribution in [0.4, 0.5) is 0 Å². The van der Waals surface area contributed by atoms with Crippen LogP contribution >= 0.6 is 22.6 Å². The zero-order chi connectivity index (χ0) is 12.5. The summed E-state index contributed by atoms with van der Waals surface area (Å²) < 4.78 is 0.706. The molecule has 0 saturated heterocycles. The van der Waals surface area contributed by atoms with E-state index in [-0.39, 0.29) is 11.0 Å². The molecule has 0 radical (unpaired) electrons. The van der Waals surface area contributed by atoms with Crippen LogP contribution < -0.4 is 5.56 Å². The molecule has 1 aromatic heterocycles. The zero-order valence-corrected chi connectivity index (χ0v) is 12.7. The molecule has 0 fully saturated rings. The minimum atomic E-state index is -0.0903. The van der Waals surface area contributed by atoms with Gasteiger partial charge in [0.25, 0.3) is 5.56 Å². The highest BCUT2D eigenvalue weighted by atomic mass is 127. The summed E-state index contributed by atoms with van der Waals surface area (Å²) in [4.78, 5) is 19.3. The molecule has 0 aromatic carbocycles. The second-order valence-corrected chi connectivity index (χ2v) is 6.25. The molecule has 0 aliphatic heterocycles. The molecule has 1 heterocycles. The average Bonchev–Trinajstić information content (AvgIpc) is 2.18. The molecule has 0 amide bonds. The topological polar surface area (TPSA) is 45.8 Å². The number of nitrogens with one attached hydrogen (secondary N) is 1. The SMILES string of the molecule is CCC(C)c1nc(C(C)(C)C)c(I)c(=O)[nH]1. The van der Waals surface area contributed by atoms with E-state index in [0.29, 0.717) is 9.49 Å². The van der Waals surface area contributed by atoms with Crippen LogP contribution in [0.15, 0.2) is 4.79 Å². The van der Waals surface area contributed by atoms with Gasteiger partial charge in [-0.3, -0.25) is 4.79 Å². The van der Waals surface area contributed by atoms with Crippen molar-refractivity contribution in [3.8, 4) is 0 Å². The summed E-state index contributed by atoms with van der Waals surface area (Å²) in [5, 5.41) is 0. The Bertz CT molecular complexity index is 432. The number of aromatic amines is 1. The van der Waals surface area contributed by atoms with Crippen LogP contribution in [0.25, 0.3) is 0 Å². The molecule has 1 N–H and O–H groups in total. The summed E-state index contributed by atoms with van der Waals surface area (Å²) in [6.07, 6.45) is 0.979. The first-order chi connectivity index (χ1) is 7.27. The third-order valence-electron chi connectivity index (χ3n) is 2.67. The zero-order valence-electron chi connectivity index (χ0n) is 10.5. The van der Waals surface area contributed by atoms with E-state index >= 15 is 0 Å². The van der Waals surface area contributed by atoms with Crippen LogP contribution in [0, 0.1) is 3.57 Å². The Morgan fingerprint density at radius 1 is 1.44 bits per heavy atom. The first kappa shape index (κ1) is 13.7. The molecule has 0 saturated carbocycles. The van der Waals surface area contributed by atoms with Gasteiger partial charge in [0.2, 0.25) is 0 Å². The molecule has 0 aliphatic rings. The summed E-state index contributed by atoms with van der Waals surface area (Å²) >= 11 is 2.08. The molecule has 90 valence electrons. The lowest BCUT2D eigenvalue weighted by atomic mass is 9.91. The Kier molecular flexibility index (Phi) is 4.15. The fourth-order valence-corrected chi connectivity index (χ4v) is 2.46. The highest BCUT2D eigenvalue weighted by molar-refractivity contribution is 14.1. The minimum absolute atomic E-state index is 0.0178. The number of rotatable bonds is 2. The first-order valence-corrected chi connectivity index (χ1v) is 6.65. The maximum absolute atomic E-state index is 11.8. The molecule has 0 spiro atoms. The molecule has 3 nitrogen and oxygen atoms in total. The fourth-order valence-electron chi connectivity index (χ4n) is 1.40. The van der Waals surface area contributed by atoms with Gasteiger partial charge in [0.15, 0.2) is 0 Å². The molecular formula is C12H19IN2O. The van der Waals surface area contributed by atoms with Crippen molar-refractivity contribution in [2.45, 2.75) is 52.4 Å². The summed E-state index contributed by atoms with van der Waals surface area (Å²) in [5.74, 6) is 1.10. The lowest BCUT2D eigenvalue weighted by molar-refractivity contribution is 0.546. The van der Waals surface area contributed by atoms with Gasteiger partial charge in [0.05, 0.1) is 5.69 Å². The van der Waals surface area contributed by atoms with Gasteiger partial charge < -0.3 is 4.98 Å². The number of H-pyrrole nitrogens is 1. The second-order valence-electron chi connectivity index (χ2n) is 5.17. The van der Waals surface area contributed by atoms with E-state index in [1.807, 2.05) is 0 Å². The van der Waals surface area contributed by atoms with E-state index in [1.165, 1.54) is 0 Å². The lowest BCUT2D eigenvalue weighted by Gasteiger charge is -2.20. The van der Waals surface area contributed by atoms with E-state index in [0.717, 1.165) is 17.9 Å². The molecule has 1 aromatic rings. The van der Waals surface area contributed by atoms with Gasteiger partial charge >= 0.3 is 0 Å². The number of nitrogens with zero attached hydrogens (tertiary/aromatic N) is 1. The van der Waals surface area contributed by atoms with Crippen LogP contribution in [-0.4, -0.2) is 9.97 Å². The molecule has 1 atom stereocenters. The highest BCUT2D eigenvalue weighted by Gasteiger charge is 2.22. The minimum Gasteiger partial charge on any atom is -0.309 e. The molecule has 0 aliphatic carbocycles. The van der Waals surface area contributed by atoms with Crippen LogP contribution in [-0.2, 0) is 5.41 Å². The van der Waals surface area contributed by atoms with Gasteiger partial charge in [-0.25, -0.2) is 4.98 Å². The van der Waals surface area contributed by atoms with E-state index in [2.05, 4.69) is 67.2 Å². The number of hydrogen-bond acceptors (Lipinski definition) is 2. The fraction of sp³-hybridized carbons (Fsp3) is 0.667. The standard InChI is InChI=1S/C12H19IN2O/c1-6-7(2)10-14-9(12(3,4)5)8(13)11(16)15-10/h7H,6H2,1-5H3,(H,14,15,16). The Balaban J connectivity index is 3.40. The average molecular weight is 334 g/mol. The van der Waals surface area contributed by atoms with E-state index in [4.69, 9.17) is 0 Å². The first-order valence-electron chi connectivity index (χ1n) is 5.57. The summed E-state index contributed by atoms with van der Waals surface area (Å²) in [5.41, 5.74) is 0.787. The smallest absolute Gasteiger partial charge is 0.264 e. The number of aromatic nitrogens is 2. The van der Waals surface area contributed by atoms with Gasteiger partial charge in [-0.1, -0.05) is 34.6 Å². The third kappa shape index (κ3) is 2.84. The van der Waals surface area contributed by atoms with Gasteiger partial charge in [-0.05, 0) is 29.0 Å².